The molecule has 1 saturated heterocycles. The second-order valence-corrected chi connectivity index (χ2v) is 4.64. The van der Waals surface area contributed by atoms with Crippen LogP contribution in [0.25, 0.3) is 0 Å². The Hall–Kier alpha value is -1.81. The first kappa shape index (κ1) is 11.3. The molecule has 4 nitrogen and oxygen atoms in total. The molecule has 4 heteroatoms. The Morgan fingerprint density at radius 3 is 2.72 bits per heavy atom. The molecule has 1 aromatic carbocycles. The molecule has 0 aromatic heterocycles. The standard InChI is InChI=1S/C14H16N2O2/c17-14(15-10-11-4-2-1-3-5-11)16-12-6-8-13(18-16)9-7-12/h1-6,8,12-13H,7,9-10H2,(H,15,17). The molecule has 0 radical (unpaired) electrons. The lowest BCUT2D eigenvalue weighted by molar-refractivity contribution is -0.195. The van der Waals surface area contributed by atoms with E-state index in [1.165, 1.54) is 5.06 Å². The normalized spacial score (nSPS) is 25.2. The summed E-state index contributed by atoms with van der Waals surface area (Å²) in [6.07, 6.45) is 6.15. The van der Waals surface area contributed by atoms with Gasteiger partial charge in [0.1, 0.15) is 6.10 Å². The molecule has 2 atom stereocenters. The first-order valence-electron chi connectivity index (χ1n) is 6.29. The molecule has 94 valence electrons. The number of benzene rings is 1. The van der Waals surface area contributed by atoms with Gasteiger partial charge in [0.15, 0.2) is 0 Å². The molecule has 3 aliphatic rings. The zero-order valence-corrected chi connectivity index (χ0v) is 10.1. The maximum Gasteiger partial charge on any atom is 0.342 e. The Kier molecular flexibility index (Phi) is 3.02. The third kappa shape index (κ3) is 2.24. The van der Waals surface area contributed by atoms with Crippen LogP contribution in [0.5, 0.6) is 0 Å². The number of carbonyl (C=O) groups is 1. The number of carbonyl (C=O) groups excluding carboxylic acids is 1. The van der Waals surface area contributed by atoms with E-state index in [-0.39, 0.29) is 18.2 Å². The number of nitrogens with one attached hydrogen (secondary N) is 1. The number of hydrogen-bond donors (Lipinski definition) is 1. The van der Waals surface area contributed by atoms with Crippen LogP contribution >= 0.6 is 0 Å². The summed E-state index contributed by atoms with van der Waals surface area (Å²) < 4.78 is 0. The summed E-state index contributed by atoms with van der Waals surface area (Å²) in [7, 11) is 0. The van der Waals surface area contributed by atoms with E-state index >= 15 is 0 Å². The highest BCUT2D eigenvalue weighted by Crippen LogP contribution is 2.27. The average Bonchev–Trinajstić information content (AvgIpc) is 2.47. The fourth-order valence-electron chi connectivity index (χ4n) is 2.34. The van der Waals surface area contributed by atoms with Crippen LogP contribution in [0.4, 0.5) is 4.79 Å². The van der Waals surface area contributed by atoms with Crippen LogP contribution < -0.4 is 5.32 Å². The molecule has 18 heavy (non-hydrogen) atoms. The summed E-state index contributed by atoms with van der Waals surface area (Å²) in [6.45, 7) is 0.528. The third-order valence-electron chi connectivity index (χ3n) is 3.33. The number of hydroxylamine groups is 2. The van der Waals surface area contributed by atoms with Crippen LogP contribution in [0.15, 0.2) is 42.5 Å². The molecule has 2 amide bonds. The molecular weight excluding hydrogens is 228 g/mol. The molecule has 1 aliphatic carbocycles. The van der Waals surface area contributed by atoms with E-state index in [9.17, 15) is 4.79 Å². The first-order chi connectivity index (χ1) is 8.83. The second kappa shape index (κ2) is 4.82. The monoisotopic (exact) mass is 244 g/mol. The molecule has 1 fully saturated rings. The van der Waals surface area contributed by atoms with Crippen molar-refractivity contribution in [3.8, 4) is 0 Å². The molecule has 1 aromatic rings. The number of nitrogens with zero attached hydrogens (tertiary/aromatic N) is 1. The van der Waals surface area contributed by atoms with Gasteiger partial charge in [-0.2, -0.15) is 5.06 Å². The molecule has 4 rings (SSSR count). The minimum atomic E-state index is -0.155. The summed E-state index contributed by atoms with van der Waals surface area (Å²) in [5.41, 5.74) is 1.09. The molecule has 2 aliphatic heterocycles. The van der Waals surface area contributed by atoms with Crippen LogP contribution in [0.3, 0.4) is 0 Å². The van der Waals surface area contributed by atoms with Crippen LogP contribution in [-0.2, 0) is 11.4 Å². The molecular formula is C14H16N2O2. The predicted molar refractivity (Wildman–Crippen MR) is 67.6 cm³/mol. The van der Waals surface area contributed by atoms with E-state index in [2.05, 4.69) is 11.4 Å². The Morgan fingerprint density at radius 1 is 1.28 bits per heavy atom. The van der Waals surface area contributed by atoms with Crippen molar-refractivity contribution in [2.24, 2.45) is 0 Å². The van der Waals surface area contributed by atoms with Gasteiger partial charge < -0.3 is 5.32 Å². The van der Waals surface area contributed by atoms with Crippen molar-refractivity contribution in [2.75, 3.05) is 0 Å². The summed E-state index contributed by atoms with van der Waals surface area (Å²) in [4.78, 5) is 17.6. The van der Waals surface area contributed by atoms with E-state index in [4.69, 9.17) is 4.84 Å². The van der Waals surface area contributed by atoms with E-state index < -0.39 is 0 Å². The molecule has 1 N–H and O–H groups in total. The highest BCUT2D eigenvalue weighted by atomic mass is 16.7. The summed E-state index contributed by atoms with van der Waals surface area (Å²) in [5.74, 6) is 0. The summed E-state index contributed by atoms with van der Waals surface area (Å²) in [5, 5.41) is 4.35. The van der Waals surface area contributed by atoms with Crippen molar-refractivity contribution in [1.29, 1.82) is 0 Å². The molecule has 2 unspecified atom stereocenters. The minimum Gasteiger partial charge on any atom is -0.332 e. The minimum absolute atomic E-state index is 0.0671. The summed E-state index contributed by atoms with van der Waals surface area (Å²) >= 11 is 0. The van der Waals surface area contributed by atoms with Gasteiger partial charge in [-0.1, -0.05) is 42.5 Å². The van der Waals surface area contributed by atoms with Crippen molar-refractivity contribution in [1.82, 2.24) is 10.4 Å². The Bertz CT molecular complexity index is 458. The maximum absolute atomic E-state index is 12.0. The maximum atomic E-state index is 12.0. The lowest BCUT2D eigenvalue weighted by Gasteiger charge is -2.39. The van der Waals surface area contributed by atoms with Gasteiger partial charge in [-0.25, -0.2) is 4.79 Å². The van der Waals surface area contributed by atoms with Crippen LogP contribution in [0, 0.1) is 0 Å². The second-order valence-electron chi connectivity index (χ2n) is 4.64. The Balaban J connectivity index is 1.58. The third-order valence-corrected chi connectivity index (χ3v) is 3.33. The van der Waals surface area contributed by atoms with E-state index in [1.807, 2.05) is 36.4 Å². The number of fused-ring (bicyclic) bond motifs is 2. The van der Waals surface area contributed by atoms with Crippen molar-refractivity contribution in [3.63, 3.8) is 0 Å². The van der Waals surface area contributed by atoms with Crippen LogP contribution in [0.1, 0.15) is 18.4 Å². The largest absolute Gasteiger partial charge is 0.342 e. The number of hydrogen-bond acceptors (Lipinski definition) is 2. The molecule has 2 heterocycles. The molecule has 2 bridgehead atoms. The van der Waals surface area contributed by atoms with Crippen LogP contribution in [0.2, 0.25) is 0 Å². The van der Waals surface area contributed by atoms with Gasteiger partial charge in [0.25, 0.3) is 0 Å². The predicted octanol–water partition coefficient (Wildman–Crippen LogP) is 2.23. The van der Waals surface area contributed by atoms with Gasteiger partial charge >= 0.3 is 6.03 Å². The smallest absolute Gasteiger partial charge is 0.332 e. The SMILES string of the molecule is O=C(NCc1ccccc1)N1OC2C=CC1CC2. The average molecular weight is 244 g/mol. The van der Waals surface area contributed by atoms with Crippen molar-refractivity contribution in [3.05, 3.63) is 48.0 Å². The molecule has 0 saturated carbocycles. The highest BCUT2D eigenvalue weighted by Gasteiger charge is 2.34. The van der Waals surface area contributed by atoms with E-state index in [0.29, 0.717) is 6.54 Å². The van der Waals surface area contributed by atoms with Crippen LogP contribution in [-0.4, -0.2) is 23.2 Å². The van der Waals surface area contributed by atoms with E-state index in [1.54, 1.807) is 0 Å². The molecule has 0 spiro atoms. The van der Waals surface area contributed by atoms with E-state index in [0.717, 1.165) is 18.4 Å². The van der Waals surface area contributed by atoms with Gasteiger partial charge in [-0.15, -0.1) is 0 Å². The Morgan fingerprint density at radius 2 is 2.11 bits per heavy atom. The van der Waals surface area contributed by atoms with Gasteiger partial charge in [0.05, 0.1) is 6.04 Å². The number of amides is 2. The van der Waals surface area contributed by atoms with Crippen molar-refractivity contribution >= 4 is 6.03 Å². The van der Waals surface area contributed by atoms with Crippen molar-refractivity contribution < 1.29 is 9.63 Å². The van der Waals surface area contributed by atoms with Gasteiger partial charge in [-0.05, 0) is 18.4 Å². The number of urea groups is 1. The summed E-state index contributed by atoms with van der Waals surface area (Å²) in [6, 6.07) is 9.80. The lowest BCUT2D eigenvalue weighted by atomic mass is 9.98. The Labute approximate surface area is 106 Å². The van der Waals surface area contributed by atoms with Gasteiger partial charge in [-0.3, -0.25) is 4.84 Å². The zero-order valence-electron chi connectivity index (χ0n) is 10.1. The first-order valence-corrected chi connectivity index (χ1v) is 6.29. The fourth-order valence-corrected chi connectivity index (χ4v) is 2.34. The van der Waals surface area contributed by atoms with Gasteiger partial charge in [0.2, 0.25) is 0 Å². The fraction of sp³-hybridized carbons (Fsp3) is 0.357. The van der Waals surface area contributed by atoms with Crippen molar-refractivity contribution in [2.45, 2.75) is 31.5 Å². The lowest BCUT2D eigenvalue weighted by Crippen LogP contribution is -2.52. The van der Waals surface area contributed by atoms with Gasteiger partial charge in [0, 0.05) is 6.54 Å². The number of rotatable bonds is 2. The zero-order chi connectivity index (χ0) is 12.4. The highest BCUT2D eigenvalue weighted by molar-refractivity contribution is 5.74. The topological polar surface area (TPSA) is 41.6 Å². The quantitative estimate of drug-likeness (QED) is 0.810.